The van der Waals surface area contributed by atoms with E-state index in [1.807, 2.05) is 0 Å². The molecule has 0 N–H and O–H groups in total. The van der Waals surface area contributed by atoms with Crippen LogP contribution in [0, 0.1) is 5.41 Å². The Hall–Kier alpha value is 0.0700. The Morgan fingerprint density at radius 1 is 1.31 bits per heavy atom. The highest BCUT2D eigenvalue weighted by atomic mass is 32.2. The number of ether oxygens (including phenoxy) is 1. The normalized spacial score (nSPS) is 26.2. The standard InChI is InChI=1S/C12H23NO2S/c1-11(2)15-10-12(3-4-12)9-13-5-7-16(14)8-6-13/h11H,3-10H2,1-2H3. The van der Waals surface area contributed by atoms with E-state index in [9.17, 15) is 4.21 Å². The van der Waals surface area contributed by atoms with Gasteiger partial charge in [0.25, 0.3) is 0 Å². The lowest BCUT2D eigenvalue weighted by molar-refractivity contribution is 0.0320. The lowest BCUT2D eigenvalue weighted by atomic mass is 10.1. The third-order valence-electron chi connectivity index (χ3n) is 3.51. The molecule has 0 bridgehead atoms. The Labute approximate surface area is 101 Å². The summed E-state index contributed by atoms with van der Waals surface area (Å²) in [5, 5.41) is 0. The maximum atomic E-state index is 11.3. The smallest absolute Gasteiger partial charge is 0.0538 e. The maximum absolute atomic E-state index is 11.3. The van der Waals surface area contributed by atoms with Gasteiger partial charge in [-0.25, -0.2) is 0 Å². The number of hydrogen-bond donors (Lipinski definition) is 0. The van der Waals surface area contributed by atoms with Crippen molar-refractivity contribution in [3.05, 3.63) is 0 Å². The Morgan fingerprint density at radius 3 is 2.44 bits per heavy atom. The highest BCUT2D eigenvalue weighted by Crippen LogP contribution is 2.46. The molecule has 1 heterocycles. The first-order valence-corrected chi connectivity index (χ1v) is 7.77. The molecule has 3 nitrogen and oxygen atoms in total. The molecule has 1 saturated carbocycles. The Kier molecular flexibility index (Phi) is 4.03. The molecule has 4 heteroatoms. The number of hydrogen-bond acceptors (Lipinski definition) is 3. The predicted molar refractivity (Wildman–Crippen MR) is 67.1 cm³/mol. The van der Waals surface area contributed by atoms with Crippen LogP contribution < -0.4 is 0 Å². The van der Waals surface area contributed by atoms with Crippen molar-refractivity contribution in [1.82, 2.24) is 4.90 Å². The minimum Gasteiger partial charge on any atom is -0.378 e. The largest absolute Gasteiger partial charge is 0.378 e. The van der Waals surface area contributed by atoms with E-state index in [-0.39, 0.29) is 0 Å². The fourth-order valence-electron chi connectivity index (χ4n) is 2.18. The van der Waals surface area contributed by atoms with E-state index in [4.69, 9.17) is 4.74 Å². The molecule has 16 heavy (non-hydrogen) atoms. The summed E-state index contributed by atoms with van der Waals surface area (Å²) in [5.41, 5.74) is 0.434. The average Bonchev–Trinajstić information content (AvgIpc) is 3.00. The van der Waals surface area contributed by atoms with Crippen molar-refractivity contribution in [1.29, 1.82) is 0 Å². The monoisotopic (exact) mass is 245 g/mol. The van der Waals surface area contributed by atoms with E-state index in [2.05, 4.69) is 18.7 Å². The summed E-state index contributed by atoms with van der Waals surface area (Å²) in [5.74, 6) is 1.72. The Morgan fingerprint density at radius 2 is 1.94 bits per heavy atom. The maximum Gasteiger partial charge on any atom is 0.0538 e. The van der Waals surface area contributed by atoms with Crippen LogP contribution in [0.1, 0.15) is 26.7 Å². The molecule has 0 aromatic heterocycles. The molecule has 0 radical (unpaired) electrons. The molecule has 94 valence electrons. The minimum absolute atomic E-state index is 0.339. The Bertz CT molecular complexity index is 254. The van der Waals surface area contributed by atoms with Crippen molar-refractivity contribution >= 4 is 10.8 Å². The Balaban J connectivity index is 1.74. The first-order valence-electron chi connectivity index (χ1n) is 6.29. The van der Waals surface area contributed by atoms with Crippen LogP contribution in [-0.2, 0) is 15.5 Å². The van der Waals surface area contributed by atoms with Gasteiger partial charge in [-0.2, -0.15) is 0 Å². The van der Waals surface area contributed by atoms with Crippen LogP contribution in [0.15, 0.2) is 0 Å². The first kappa shape index (κ1) is 12.5. The van der Waals surface area contributed by atoms with Crippen LogP contribution in [0.2, 0.25) is 0 Å². The van der Waals surface area contributed by atoms with Gasteiger partial charge in [0, 0.05) is 47.4 Å². The molecule has 0 unspecified atom stereocenters. The lowest BCUT2D eigenvalue weighted by Gasteiger charge is -2.30. The van der Waals surface area contributed by atoms with E-state index >= 15 is 0 Å². The second-order valence-electron chi connectivity index (χ2n) is 5.48. The fourth-order valence-corrected chi connectivity index (χ4v) is 3.30. The summed E-state index contributed by atoms with van der Waals surface area (Å²) in [6.07, 6.45) is 2.95. The summed E-state index contributed by atoms with van der Waals surface area (Å²) in [6, 6.07) is 0. The molecular formula is C12H23NO2S. The molecule has 2 rings (SSSR count). The molecule has 1 aliphatic heterocycles. The SMILES string of the molecule is CC(C)OCC1(CN2CCS(=O)CC2)CC1. The van der Waals surface area contributed by atoms with E-state index in [0.29, 0.717) is 11.5 Å². The molecule has 2 fully saturated rings. The zero-order chi connectivity index (χ0) is 11.6. The van der Waals surface area contributed by atoms with Crippen LogP contribution >= 0.6 is 0 Å². The fraction of sp³-hybridized carbons (Fsp3) is 1.00. The first-order chi connectivity index (χ1) is 7.60. The van der Waals surface area contributed by atoms with Crippen molar-refractivity contribution in [2.24, 2.45) is 5.41 Å². The van der Waals surface area contributed by atoms with Crippen molar-refractivity contribution in [3.8, 4) is 0 Å². The predicted octanol–water partition coefficient (Wildman–Crippen LogP) is 1.26. The quantitative estimate of drug-likeness (QED) is 0.730. The van der Waals surface area contributed by atoms with E-state index in [0.717, 1.165) is 37.7 Å². The number of rotatable bonds is 5. The third kappa shape index (κ3) is 3.54. The molecular weight excluding hydrogens is 222 g/mol. The van der Waals surface area contributed by atoms with E-state index < -0.39 is 10.8 Å². The van der Waals surface area contributed by atoms with Crippen molar-refractivity contribution < 1.29 is 8.95 Å². The van der Waals surface area contributed by atoms with Crippen LogP contribution in [0.25, 0.3) is 0 Å². The molecule has 2 aliphatic rings. The summed E-state index contributed by atoms with van der Waals surface area (Å²) in [7, 11) is -0.553. The van der Waals surface area contributed by atoms with Crippen LogP contribution in [0.5, 0.6) is 0 Å². The summed E-state index contributed by atoms with van der Waals surface area (Å²) >= 11 is 0. The molecule has 0 spiro atoms. The van der Waals surface area contributed by atoms with Gasteiger partial charge in [-0.15, -0.1) is 0 Å². The molecule has 1 aliphatic carbocycles. The van der Waals surface area contributed by atoms with Gasteiger partial charge in [-0.1, -0.05) is 0 Å². The third-order valence-corrected chi connectivity index (χ3v) is 4.79. The van der Waals surface area contributed by atoms with Crippen molar-refractivity contribution in [3.63, 3.8) is 0 Å². The molecule has 1 saturated heterocycles. The molecule has 0 atom stereocenters. The van der Waals surface area contributed by atoms with Gasteiger partial charge in [0.15, 0.2) is 0 Å². The van der Waals surface area contributed by atoms with E-state index in [1.54, 1.807) is 0 Å². The molecule has 0 aromatic carbocycles. The topological polar surface area (TPSA) is 29.5 Å². The highest BCUT2D eigenvalue weighted by molar-refractivity contribution is 7.85. The minimum atomic E-state index is -0.553. The van der Waals surface area contributed by atoms with Crippen molar-refractivity contribution in [2.75, 3.05) is 37.7 Å². The van der Waals surface area contributed by atoms with Gasteiger partial charge in [0.1, 0.15) is 0 Å². The van der Waals surface area contributed by atoms with Gasteiger partial charge >= 0.3 is 0 Å². The van der Waals surface area contributed by atoms with Gasteiger partial charge in [0.05, 0.1) is 12.7 Å². The molecule has 0 aromatic rings. The average molecular weight is 245 g/mol. The van der Waals surface area contributed by atoms with Gasteiger partial charge < -0.3 is 9.64 Å². The lowest BCUT2D eigenvalue weighted by Crippen LogP contribution is -2.42. The summed E-state index contributed by atoms with van der Waals surface area (Å²) < 4.78 is 17.0. The van der Waals surface area contributed by atoms with E-state index in [1.165, 1.54) is 12.8 Å². The zero-order valence-corrected chi connectivity index (χ0v) is 11.2. The van der Waals surface area contributed by atoms with Gasteiger partial charge in [0.2, 0.25) is 0 Å². The van der Waals surface area contributed by atoms with Gasteiger partial charge in [-0.3, -0.25) is 4.21 Å². The highest BCUT2D eigenvalue weighted by Gasteiger charge is 2.44. The molecule has 0 amide bonds. The van der Waals surface area contributed by atoms with Gasteiger partial charge in [-0.05, 0) is 26.7 Å². The van der Waals surface area contributed by atoms with Crippen LogP contribution in [0.4, 0.5) is 0 Å². The summed E-state index contributed by atoms with van der Waals surface area (Å²) in [4.78, 5) is 2.47. The van der Waals surface area contributed by atoms with Crippen molar-refractivity contribution in [2.45, 2.75) is 32.8 Å². The second-order valence-corrected chi connectivity index (χ2v) is 7.18. The number of nitrogens with zero attached hydrogens (tertiary/aromatic N) is 1. The zero-order valence-electron chi connectivity index (χ0n) is 10.4. The second kappa shape index (κ2) is 5.15. The van der Waals surface area contributed by atoms with Crippen LogP contribution in [-0.4, -0.2) is 53.0 Å². The summed E-state index contributed by atoms with van der Waals surface area (Å²) in [6.45, 7) is 8.27. The van der Waals surface area contributed by atoms with Crippen LogP contribution in [0.3, 0.4) is 0 Å².